The van der Waals surface area contributed by atoms with Crippen LogP contribution in [0, 0.1) is 0 Å². The number of ether oxygens (including phenoxy) is 1. The van der Waals surface area contributed by atoms with Crippen LogP contribution in [0.3, 0.4) is 0 Å². The number of halogens is 1. The number of fused-ring (bicyclic) bond motifs is 3. The molecule has 0 bridgehead atoms. The summed E-state index contributed by atoms with van der Waals surface area (Å²) in [6.45, 7) is 5.71. The van der Waals surface area contributed by atoms with E-state index in [2.05, 4.69) is 66.4 Å². The van der Waals surface area contributed by atoms with Crippen LogP contribution in [0.15, 0.2) is 53.3 Å². The van der Waals surface area contributed by atoms with Crippen LogP contribution in [0.2, 0.25) is 0 Å². The zero-order valence-corrected chi connectivity index (χ0v) is 19.0. The van der Waals surface area contributed by atoms with Crippen LogP contribution >= 0.6 is 15.9 Å². The van der Waals surface area contributed by atoms with Crippen molar-refractivity contribution in [1.29, 1.82) is 0 Å². The van der Waals surface area contributed by atoms with Crippen LogP contribution in [-0.2, 0) is 11.2 Å². The summed E-state index contributed by atoms with van der Waals surface area (Å²) >= 11 is 3.58. The van der Waals surface area contributed by atoms with Gasteiger partial charge in [0.2, 0.25) is 0 Å². The summed E-state index contributed by atoms with van der Waals surface area (Å²) in [6.07, 6.45) is 5.54. The first kappa shape index (κ1) is 20.4. The number of hydrogen-bond acceptors (Lipinski definition) is 5. The maximum Gasteiger partial charge on any atom is 0.136 e. The number of nitrogens with one attached hydrogen (secondary N) is 2. The van der Waals surface area contributed by atoms with Gasteiger partial charge >= 0.3 is 0 Å². The molecule has 1 fully saturated rings. The van der Waals surface area contributed by atoms with Crippen molar-refractivity contribution < 1.29 is 4.74 Å². The monoisotopic (exact) mass is 479 g/mol. The highest BCUT2D eigenvalue weighted by Gasteiger charge is 2.14. The maximum atomic E-state index is 5.45. The Bertz CT molecular complexity index is 1170. The second kappa shape index (κ2) is 9.34. The largest absolute Gasteiger partial charge is 0.379 e. The quantitative estimate of drug-likeness (QED) is 0.379. The van der Waals surface area contributed by atoms with Gasteiger partial charge in [-0.3, -0.25) is 9.88 Å². The Kier molecular flexibility index (Phi) is 6.15. The molecule has 0 saturated carbocycles. The smallest absolute Gasteiger partial charge is 0.136 e. The Balaban J connectivity index is 1.42. The Morgan fingerprint density at radius 2 is 2.03 bits per heavy atom. The van der Waals surface area contributed by atoms with E-state index in [-0.39, 0.29) is 0 Å². The van der Waals surface area contributed by atoms with Gasteiger partial charge in [-0.15, -0.1) is 0 Å². The van der Waals surface area contributed by atoms with Crippen molar-refractivity contribution in [3.8, 4) is 0 Å². The van der Waals surface area contributed by atoms with Gasteiger partial charge in [0, 0.05) is 64.9 Å². The standard InChI is InChI=1S/C24H26BrN5O/c25-18-4-5-20-21(14-18)29-22-15-19(13-17-3-1-6-26-16-17)28-24(23(20)22)27-7-2-8-30-9-11-31-12-10-30/h1,3-6,14-16,29H,2,7-13H2,(H,27,28). The number of morpholine rings is 1. The van der Waals surface area contributed by atoms with Crippen molar-refractivity contribution in [2.75, 3.05) is 44.7 Å². The van der Waals surface area contributed by atoms with Crippen molar-refractivity contribution in [3.63, 3.8) is 0 Å². The van der Waals surface area contributed by atoms with E-state index < -0.39 is 0 Å². The number of benzene rings is 1. The fourth-order valence-electron chi connectivity index (χ4n) is 4.22. The first-order valence-electron chi connectivity index (χ1n) is 10.8. The first-order chi connectivity index (χ1) is 15.3. The molecule has 0 radical (unpaired) electrons. The van der Waals surface area contributed by atoms with Gasteiger partial charge in [0.15, 0.2) is 0 Å². The molecule has 1 aliphatic heterocycles. The molecule has 1 aromatic carbocycles. The number of anilines is 1. The van der Waals surface area contributed by atoms with Crippen molar-refractivity contribution in [3.05, 3.63) is 64.5 Å². The highest BCUT2D eigenvalue weighted by Crippen LogP contribution is 2.33. The molecule has 160 valence electrons. The molecule has 31 heavy (non-hydrogen) atoms. The lowest BCUT2D eigenvalue weighted by molar-refractivity contribution is 0.0378. The summed E-state index contributed by atoms with van der Waals surface area (Å²) in [5, 5.41) is 5.98. The van der Waals surface area contributed by atoms with E-state index in [9.17, 15) is 0 Å². The van der Waals surface area contributed by atoms with E-state index in [1.807, 2.05) is 12.3 Å². The molecule has 0 aliphatic carbocycles. The van der Waals surface area contributed by atoms with E-state index in [0.717, 1.165) is 90.2 Å². The third-order valence-electron chi connectivity index (χ3n) is 5.75. The number of rotatable bonds is 7. The third kappa shape index (κ3) is 4.74. The van der Waals surface area contributed by atoms with Gasteiger partial charge < -0.3 is 15.0 Å². The van der Waals surface area contributed by atoms with E-state index in [1.54, 1.807) is 6.20 Å². The third-order valence-corrected chi connectivity index (χ3v) is 6.24. The van der Waals surface area contributed by atoms with Gasteiger partial charge in [0.25, 0.3) is 0 Å². The minimum Gasteiger partial charge on any atom is -0.379 e. The number of pyridine rings is 2. The molecule has 2 N–H and O–H groups in total. The summed E-state index contributed by atoms with van der Waals surface area (Å²) in [5.74, 6) is 0.951. The van der Waals surface area contributed by atoms with Crippen molar-refractivity contribution in [1.82, 2.24) is 19.9 Å². The van der Waals surface area contributed by atoms with E-state index in [0.29, 0.717) is 0 Å². The molecule has 0 unspecified atom stereocenters. The lowest BCUT2D eigenvalue weighted by atomic mass is 10.1. The highest BCUT2D eigenvalue weighted by atomic mass is 79.9. The predicted molar refractivity (Wildman–Crippen MR) is 129 cm³/mol. The number of aromatic amines is 1. The molecule has 4 heterocycles. The van der Waals surface area contributed by atoms with E-state index >= 15 is 0 Å². The predicted octanol–water partition coefficient (Wildman–Crippen LogP) is 4.60. The van der Waals surface area contributed by atoms with Crippen molar-refractivity contribution >= 4 is 43.6 Å². The average Bonchev–Trinajstić information content (AvgIpc) is 3.15. The van der Waals surface area contributed by atoms with Gasteiger partial charge in [-0.1, -0.05) is 28.1 Å². The Morgan fingerprint density at radius 3 is 2.87 bits per heavy atom. The Labute approximate surface area is 190 Å². The van der Waals surface area contributed by atoms with Crippen molar-refractivity contribution in [2.45, 2.75) is 12.8 Å². The van der Waals surface area contributed by atoms with E-state index in [1.165, 1.54) is 5.39 Å². The molecule has 1 aliphatic rings. The molecule has 0 amide bonds. The molecule has 1 saturated heterocycles. The van der Waals surface area contributed by atoms with Crippen LogP contribution in [0.4, 0.5) is 5.82 Å². The molecular weight excluding hydrogens is 454 g/mol. The lowest BCUT2D eigenvalue weighted by Crippen LogP contribution is -2.37. The second-order valence-corrected chi connectivity index (χ2v) is 8.89. The molecule has 0 spiro atoms. The van der Waals surface area contributed by atoms with Gasteiger partial charge in [-0.2, -0.15) is 0 Å². The van der Waals surface area contributed by atoms with Gasteiger partial charge in [0.05, 0.1) is 18.7 Å². The average molecular weight is 480 g/mol. The summed E-state index contributed by atoms with van der Waals surface area (Å²) < 4.78 is 6.51. The minimum atomic E-state index is 0.755. The Morgan fingerprint density at radius 1 is 1.13 bits per heavy atom. The summed E-state index contributed by atoms with van der Waals surface area (Å²) in [4.78, 5) is 15.3. The van der Waals surface area contributed by atoms with Crippen LogP contribution < -0.4 is 5.32 Å². The number of hydrogen-bond donors (Lipinski definition) is 2. The van der Waals surface area contributed by atoms with Crippen molar-refractivity contribution in [2.24, 2.45) is 0 Å². The van der Waals surface area contributed by atoms with Gasteiger partial charge in [-0.05, 0) is 42.8 Å². The topological polar surface area (TPSA) is 66.1 Å². The number of nitrogens with zero attached hydrogens (tertiary/aromatic N) is 3. The SMILES string of the molecule is Brc1ccc2c(c1)[nH]c1cc(Cc3cccnc3)nc(NCCCN3CCOCC3)c12. The summed E-state index contributed by atoms with van der Waals surface area (Å²) in [5.41, 5.74) is 4.41. The molecule has 5 rings (SSSR count). The molecule has 3 aromatic heterocycles. The number of aromatic nitrogens is 3. The van der Waals surface area contributed by atoms with Gasteiger partial charge in [0.1, 0.15) is 5.82 Å². The lowest BCUT2D eigenvalue weighted by Gasteiger charge is -2.26. The maximum absolute atomic E-state index is 5.45. The first-order valence-corrected chi connectivity index (χ1v) is 11.6. The zero-order chi connectivity index (χ0) is 21.0. The second-order valence-electron chi connectivity index (χ2n) is 7.97. The van der Waals surface area contributed by atoms with Crippen LogP contribution in [0.1, 0.15) is 17.7 Å². The molecular formula is C24H26BrN5O. The summed E-state index contributed by atoms with van der Waals surface area (Å²) in [7, 11) is 0. The molecule has 0 atom stereocenters. The molecule has 6 nitrogen and oxygen atoms in total. The van der Waals surface area contributed by atoms with Crippen LogP contribution in [-0.4, -0.2) is 59.2 Å². The fourth-order valence-corrected chi connectivity index (χ4v) is 4.58. The molecule has 7 heteroatoms. The summed E-state index contributed by atoms with van der Waals surface area (Å²) in [6, 6.07) is 12.6. The van der Waals surface area contributed by atoms with Gasteiger partial charge in [-0.25, -0.2) is 4.98 Å². The molecule has 4 aromatic rings. The van der Waals surface area contributed by atoms with Crippen LogP contribution in [0.5, 0.6) is 0 Å². The highest BCUT2D eigenvalue weighted by molar-refractivity contribution is 9.10. The fraction of sp³-hybridized carbons (Fsp3) is 0.333. The number of H-pyrrole nitrogens is 1. The Hall–Kier alpha value is -2.48. The van der Waals surface area contributed by atoms with Crippen LogP contribution in [0.25, 0.3) is 21.8 Å². The minimum absolute atomic E-state index is 0.755. The zero-order valence-electron chi connectivity index (χ0n) is 17.4. The normalized spacial score (nSPS) is 15.0. The van der Waals surface area contributed by atoms with E-state index in [4.69, 9.17) is 9.72 Å².